The zero-order chi connectivity index (χ0) is 29.6. The molecule has 2 N–H and O–H groups in total. The van der Waals surface area contributed by atoms with E-state index in [4.69, 9.17) is 14.5 Å². The Hall–Kier alpha value is -4.82. The predicted octanol–water partition coefficient (Wildman–Crippen LogP) is 6.25. The van der Waals surface area contributed by atoms with Crippen molar-refractivity contribution in [2.75, 3.05) is 56.7 Å². The second-order valence-electron chi connectivity index (χ2n) is 10.7. The van der Waals surface area contributed by atoms with Gasteiger partial charge in [0, 0.05) is 44.0 Å². The number of piperazine rings is 1. The molecule has 6 rings (SSSR count). The molecule has 0 bridgehead atoms. The highest BCUT2D eigenvalue weighted by molar-refractivity contribution is 6.06. The van der Waals surface area contributed by atoms with Gasteiger partial charge in [0.05, 0.1) is 23.9 Å². The summed E-state index contributed by atoms with van der Waals surface area (Å²) in [6.45, 7) is 7.42. The molecular formula is C35H37N5O3. The van der Waals surface area contributed by atoms with Gasteiger partial charge in [-0.2, -0.15) is 0 Å². The smallest absolute Gasteiger partial charge is 0.259 e. The molecule has 8 heteroatoms. The minimum absolute atomic E-state index is 0.212. The van der Waals surface area contributed by atoms with E-state index >= 15 is 0 Å². The number of aromatic nitrogens is 2. The summed E-state index contributed by atoms with van der Waals surface area (Å²) in [5.74, 6) is 2.02. The number of imidazole rings is 1. The van der Waals surface area contributed by atoms with Gasteiger partial charge in [-0.1, -0.05) is 49.4 Å². The number of H-pyrrole nitrogens is 1. The van der Waals surface area contributed by atoms with E-state index in [1.807, 2.05) is 36.4 Å². The highest BCUT2D eigenvalue weighted by Gasteiger charge is 2.20. The van der Waals surface area contributed by atoms with Crippen LogP contribution in [-0.4, -0.2) is 67.2 Å². The van der Waals surface area contributed by atoms with Crippen molar-refractivity contribution in [1.29, 1.82) is 0 Å². The number of fused-ring (bicyclic) bond motifs is 1. The molecular weight excluding hydrogens is 538 g/mol. The average Bonchev–Trinajstić information content (AvgIpc) is 3.51. The van der Waals surface area contributed by atoms with Crippen LogP contribution in [0.4, 0.5) is 11.4 Å². The number of amides is 1. The summed E-state index contributed by atoms with van der Waals surface area (Å²) in [5.41, 5.74) is 6.90. The number of aromatic amines is 1. The minimum atomic E-state index is -0.212. The van der Waals surface area contributed by atoms with Crippen molar-refractivity contribution in [3.8, 4) is 22.9 Å². The minimum Gasteiger partial charge on any atom is -0.496 e. The van der Waals surface area contributed by atoms with Crippen LogP contribution in [0.5, 0.6) is 11.5 Å². The molecule has 220 valence electrons. The highest BCUT2D eigenvalue weighted by atomic mass is 16.5. The lowest BCUT2D eigenvalue weighted by Crippen LogP contribution is -2.47. The Balaban J connectivity index is 0.990. The Morgan fingerprint density at radius 2 is 1.67 bits per heavy atom. The number of carbonyl (C=O) groups is 1. The SMILES string of the molecule is CCc1ccc(-c2nc3c(N4CCN(CCOc5ccc(NC(=O)c6ccccc6OC)cc5)CC4)cccc3[nH]2)cc1. The monoisotopic (exact) mass is 575 g/mol. The molecule has 5 aromatic rings. The summed E-state index contributed by atoms with van der Waals surface area (Å²) in [6.07, 6.45) is 1.03. The second-order valence-corrected chi connectivity index (χ2v) is 10.7. The van der Waals surface area contributed by atoms with E-state index in [1.54, 1.807) is 19.2 Å². The molecule has 0 radical (unpaired) electrons. The number of aryl methyl sites for hydroxylation is 1. The molecule has 0 saturated carbocycles. The average molecular weight is 576 g/mol. The molecule has 2 heterocycles. The van der Waals surface area contributed by atoms with Crippen molar-refractivity contribution < 1.29 is 14.3 Å². The summed E-state index contributed by atoms with van der Waals surface area (Å²) in [4.78, 5) is 26.0. The highest BCUT2D eigenvalue weighted by Crippen LogP contribution is 2.29. The van der Waals surface area contributed by atoms with Gasteiger partial charge in [-0.3, -0.25) is 9.69 Å². The van der Waals surface area contributed by atoms with E-state index in [0.29, 0.717) is 23.6 Å². The van der Waals surface area contributed by atoms with Gasteiger partial charge in [0.25, 0.3) is 5.91 Å². The zero-order valence-electron chi connectivity index (χ0n) is 24.7. The van der Waals surface area contributed by atoms with E-state index in [1.165, 1.54) is 11.3 Å². The van der Waals surface area contributed by atoms with Gasteiger partial charge in [-0.25, -0.2) is 4.98 Å². The van der Waals surface area contributed by atoms with Gasteiger partial charge in [-0.15, -0.1) is 0 Å². The largest absolute Gasteiger partial charge is 0.496 e. The molecule has 0 atom stereocenters. The summed E-state index contributed by atoms with van der Waals surface area (Å²) in [7, 11) is 1.56. The number of rotatable bonds is 10. The maximum Gasteiger partial charge on any atom is 0.259 e. The van der Waals surface area contributed by atoms with Crippen LogP contribution in [0.3, 0.4) is 0 Å². The number of nitrogens with one attached hydrogen (secondary N) is 2. The Kier molecular flexibility index (Phi) is 8.56. The first kappa shape index (κ1) is 28.3. The standard InChI is InChI=1S/C35H37N5O3/c1-3-25-11-13-26(14-12-25)34-37-30-8-6-9-31(33(30)38-34)40-21-19-39(20-22-40)23-24-43-28-17-15-27(16-18-28)36-35(41)29-7-4-5-10-32(29)42-2/h4-18H,3,19-24H2,1-2H3,(H,36,41)(H,37,38). The Morgan fingerprint density at radius 1 is 0.907 bits per heavy atom. The molecule has 1 aliphatic rings. The molecule has 1 amide bonds. The van der Waals surface area contributed by atoms with Crippen LogP contribution >= 0.6 is 0 Å². The van der Waals surface area contributed by atoms with E-state index < -0.39 is 0 Å². The quantitative estimate of drug-likeness (QED) is 0.205. The molecule has 4 aromatic carbocycles. The van der Waals surface area contributed by atoms with Gasteiger partial charge < -0.3 is 24.7 Å². The number of anilines is 2. The van der Waals surface area contributed by atoms with Gasteiger partial charge in [0.15, 0.2) is 0 Å². The molecule has 1 aliphatic heterocycles. The fraction of sp³-hybridized carbons (Fsp3) is 0.257. The van der Waals surface area contributed by atoms with Crippen molar-refractivity contribution in [3.63, 3.8) is 0 Å². The molecule has 1 fully saturated rings. The molecule has 1 saturated heterocycles. The third kappa shape index (κ3) is 6.49. The van der Waals surface area contributed by atoms with Gasteiger partial charge in [0.2, 0.25) is 0 Å². The Labute approximate surface area is 252 Å². The van der Waals surface area contributed by atoms with Gasteiger partial charge in [-0.05, 0) is 60.5 Å². The maximum absolute atomic E-state index is 12.6. The Morgan fingerprint density at radius 3 is 2.42 bits per heavy atom. The van der Waals surface area contributed by atoms with Crippen molar-refractivity contribution in [3.05, 3.63) is 102 Å². The number of benzene rings is 4. The molecule has 8 nitrogen and oxygen atoms in total. The number of methoxy groups -OCH3 is 1. The lowest BCUT2D eigenvalue weighted by atomic mass is 10.1. The van der Waals surface area contributed by atoms with Crippen LogP contribution in [0.15, 0.2) is 91.0 Å². The summed E-state index contributed by atoms with van der Waals surface area (Å²) >= 11 is 0. The number of carbonyl (C=O) groups excluding carboxylic acids is 1. The Bertz CT molecular complexity index is 1670. The van der Waals surface area contributed by atoms with Crippen molar-refractivity contribution in [2.24, 2.45) is 0 Å². The zero-order valence-corrected chi connectivity index (χ0v) is 24.7. The molecule has 0 spiro atoms. The molecule has 1 aromatic heterocycles. The molecule has 0 aliphatic carbocycles. The van der Waals surface area contributed by atoms with E-state index in [9.17, 15) is 4.79 Å². The van der Waals surface area contributed by atoms with E-state index in [2.05, 4.69) is 69.5 Å². The lowest BCUT2D eigenvalue weighted by molar-refractivity contribution is 0.102. The third-order valence-electron chi connectivity index (χ3n) is 7.98. The lowest BCUT2D eigenvalue weighted by Gasteiger charge is -2.36. The van der Waals surface area contributed by atoms with Crippen LogP contribution in [-0.2, 0) is 6.42 Å². The fourth-order valence-corrected chi connectivity index (χ4v) is 5.48. The van der Waals surface area contributed by atoms with Gasteiger partial charge >= 0.3 is 0 Å². The van der Waals surface area contributed by atoms with Crippen LogP contribution in [0.25, 0.3) is 22.4 Å². The number of ether oxygens (including phenoxy) is 2. The summed E-state index contributed by atoms with van der Waals surface area (Å²) in [5, 5.41) is 2.92. The van der Waals surface area contributed by atoms with Crippen LogP contribution in [0.1, 0.15) is 22.8 Å². The van der Waals surface area contributed by atoms with Crippen LogP contribution < -0.4 is 19.7 Å². The van der Waals surface area contributed by atoms with Crippen LogP contribution in [0.2, 0.25) is 0 Å². The third-order valence-corrected chi connectivity index (χ3v) is 7.98. The number of para-hydroxylation sites is 2. The normalized spacial score (nSPS) is 13.7. The second kappa shape index (κ2) is 13.0. The summed E-state index contributed by atoms with van der Waals surface area (Å²) in [6, 6.07) is 29.7. The van der Waals surface area contributed by atoms with Crippen molar-refractivity contribution in [2.45, 2.75) is 13.3 Å². The van der Waals surface area contributed by atoms with Crippen molar-refractivity contribution in [1.82, 2.24) is 14.9 Å². The number of hydrogen-bond acceptors (Lipinski definition) is 6. The van der Waals surface area contributed by atoms with E-state index in [-0.39, 0.29) is 5.91 Å². The van der Waals surface area contributed by atoms with Gasteiger partial charge in [0.1, 0.15) is 29.4 Å². The predicted molar refractivity (Wildman–Crippen MR) is 172 cm³/mol. The summed E-state index contributed by atoms with van der Waals surface area (Å²) < 4.78 is 11.3. The first-order valence-electron chi connectivity index (χ1n) is 14.8. The fourth-order valence-electron chi connectivity index (χ4n) is 5.48. The van der Waals surface area contributed by atoms with Crippen LogP contribution in [0, 0.1) is 0 Å². The molecule has 0 unspecified atom stereocenters. The van der Waals surface area contributed by atoms with Crippen molar-refractivity contribution >= 4 is 28.3 Å². The number of hydrogen-bond donors (Lipinski definition) is 2. The number of nitrogens with zero attached hydrogens (tertiary/aromatic N) is 3. The van der Waals surface area contributed by atoms with E-state index in [0.717, 1.165) is 67.3 Å². The first-order chi connectivity index (χ1) is 21.1. The topological polar surface area (TPSA) is 82.7 Å². The first-order valence-corrected chi connectivity index (χ1v) is 14.8. The maximum atomic E-state index is 12.6. The molecule has 43 heavy (non-hydrogen) atoms.